The second-order valence-corrected chi connectivity index (χ2v) is 11.3. The van der Waals surface area contributed by atoms with E-state index in [0.29, 0.717) is 24.5 Å². The fraction of sp³-hybridized carbons (Fsp3) is 0.433. The molecular weight excluding hydrogens is 474 g/mol. The maximum absolute atomic E-state index is 11.1. The van der Waals surface area contributed by atoms with Gasteiger partial charge in [0.15, 0.2) is 5.65 Å². The van der Waals surface area contributed by atoms with Crippen LogP contribution in [0.25, 0.3) is 16.9 Å². The second-order valence-electron chi connectivity index (χ2n) is 11.3. The summed E-state index contributed by atoms with van der Waals surface area (Å²) in [5, 5.41) is 15.4. The van der Waals surface area contributed by atoms with Gasteiger partial charge in [0.25, 0.3) is 0 Å². The van der Waals surface area contributed by atoms with Crippen molar-refractivity contribution in [3.05, 3.63) is 65.6 Å². The highest BCUT2D eigenvalue weighted by atomic mass is 16.3. The van der Waals surface area contributed by atoms with E-state index in [4.69, 9.17) is 9.97 Å². The Morgan fingerprint density at radius 2 is 1.82 bits per heavy atom. The van der Waals surface area contributed by atoms with Crippen LogP contribution < -0.4 is 10.2 Å². The summed E-state index contributed by atoms with van der Waals surface area (Å²) in [5.41, 5.74) is 5.16. The van der Waals surface area contributed by atoms with Gasteiger partial charge >= 0.3 is 0 Å². The molecule has 196 valence electrons. The zero-order chi connectivity index (χ0) is 26.0. The van der Waals surface area contributed by atoms with E-state index in [1.807, 2.05) is 19.2 Å². The van der Waals surface area contributed by atoms with Crippen molar-refractivity contribution >= 4 is 28.4 Å². The largest absolute Gasteiger partial charge is 0.384 e. The Morgan fingerprint density at radius 3 is 2.55 bits per heavy atom. The summed E-state index contributed by atoms with van der Waals surface area (Å²) in [6, 6.07) is 16.2. The van der Waals surface area contributed by atoms with E-state index in [1.165, 1.54) is 18.5 Å². The molecule has 38 heavy (non-hydrogen) atoms. The summed E-state index contributed by atoms with van der Waals surface area (Å²) in [6.45, 7) is 6.27. The number of likely N-dealkylation sites (N-methyl/N-ethyl adjacent to an activating group) is 1. The number of nitrogens with zero attached hydrogens (tertiary/aromatic N) is 6. The summed E-state index contributed by atoms with van der Waals surface area (Å²) >= 11 is 0. The standard InChI is InChI=1S/C30H35N7O/c1-4-30(38)14-13-20-5-12-26(33-27(20)30)37-19(2)15-21-16-31-29(34-28(21)37)32-22-6-8-23(9-7-22)36-17-24-10-11-25(18-36)35(24)3/h5-9,12,15-16,24-25,38H,4,10-11,13-14,17-18H2,1-3H3,(H,31,32,34)/t24?,25?,30-/m1/s1. The summed E-state index contributed by atoms with van der Waals surface area (Å²) in [7, 11) is 2.27. The number of anilines is 3. The first-order valence-electron chi connectivity index (χ1n) is 13.8. The molecule has 2 fully saturated rings. The predicted molar refractivity (Wildman–Crippen MR) is 150 cm³/mol. The smallest absolute Gasteiger partial charge is 0.229 e. The lowest BCUT2D eigenvalue weighted by Crippen LogP contribution is -2.51. The Bertz CT molecular complexity index is 1500. The van der Waals surface area contributed by atoms with Gasteiger partial charge in [-0.25, -0.2) is 9.97 Å². The minimum Gasteiger partial charge on any atom is -0.384 e. The van der Waals surface area contributed by atoms with Crippen molar-refractivity contribution in [1.82, 2.24) is 24.4 Å². The first kappa shape index (κ1) is 23.6. The van der Waals surface area contributed by atoms with Crippen LogP contribution in [0.4, 0.5) is 17.3 Å². The Morgan fingerprint density at radius 1 is 1.05 bits per heavy atom. The average molecular weight is 510 g/mol. The molecule has 8 heteroatoms. The lowest BCUT2D eigenvalue weighted by atomic mass is 9.98. The lowest BCUT2D eigenvalue weighted by Gasteiger charge is -2.40. The number of aryl methyl sites for hydroxylation is 2. The molecular formula is C30H35N7O. The van der Waals surface area contributed by atoms with Gasteiger partial charge < -0.3 is 15.3 Å². The molecule has 1 aliphatic carbocycles. The van der Waals surface area contributed by atoms with Crippen LogP contribution in [0.15, 0.2) is 48.7 Å². The van der Waals surface area contributed by atoms with E-state index in [0.717, 1.165) is 65.4 Å². The summed E-state index contributed by atoms with van der Waals surface area (Å²) in [5.74, 6) is 1.33. The molecule has 8 nitrogen and oxygen atoms in total. The van der Waals surface area contributed by atoms with Gasteiger partial charge in [0.2, 0.25) is 5.95 Å². The number of pyridine rings is 1. The van der Waals surface area contributed by atoms with Gasteiger partial charge in [-0.05, 0) is 88.0 Å². The lowest BCUT2D eigenvalue weighted by molar-refractivity contribution is 0.0306. The van der Waals surface area contributed by atoms with Gasteiger partial charge in [-0.1, -0.05) is 13.0 Å². The van der Waals surface area contributed by atoms with Crippen molar-refractivity contribution in [2.75, 3.05) is 30.4 Å². The molecule has 0 amide bonds. The van der Waals surface area contributed by atoms with Gasteiger partial charge in [0.05, 0.1) is 5.69 Å². The topological polar surface area (TPSA) is 82.3 Å². The zero-order valence-corrected chi connectivity index (χ0v) is 22.4. The van der Waals surface area contributed by atoms with Gasteiger partial charge in [0.1, 0.15) is 11.4 Å². The molecule has 0 spiro atoms. The highest BCUT2D eigenvalue weighted by molar-refractivity contribution is 5.80. The molecule has 7 rings (SSSR count). The van der Waals surface area contributed by atoms with Crippen LogP contribution >= 0.6 is 0 Å². The van der Waals surface area contributed by atoms with Crippen LogP contribution in [0.2, 0.25) is 0 Å². The number of piperazine rings is 1. The van der Waals surface area contributed by atoms with Crippen molar-refractivity contribution in [3.63, 3.8) is 0 Å². The molecule has 3 atom stereocenters. The van der Waals surface area contributed by atoms with E-state index in [-0.39, 0.29) is 0 Å². The van der Waals surface area contributed by atoms with Gasteiger partial charge in [-0.3, -0.25) is 9.47 Å². The molecule has 0 saturated carbocycles. The number of hydrogen-bond acceptors (Lipinski definition) is 7. The summed E-state index contributed by atoms with van der Waals surface area (Å²) in [4.78, 5) is 19.5. The molecule has 2 N–H and O–H groups in total. The summed E-state index contributed by atoms with van der Waals surface area (Å²) in [6.07, 6.45) is 6.72. The first-order chi connectivity index (χ1) is 18.4. The number of aromatic nitrogens is 4. The van der Waals surface area contributed by atoms with E-state index in [2.05, 4.69) is 75.0 Å². The maximum Gasteiger partial charge on any atom is 0.229 e. The van der Waals surface area contributed by atoms with E-state index >= 15 is 0 Å². The van der Waals surface area contributed by atoms with E-state index < -0.39 is 5.60 Å². The minimum absolute atomic E-state index is 0.550. The molecule has 3 aliphatic rings. The summed E-state index contributed by atoms with van der Waals surface area (Å²) < 4.78 is 2.06. The van der Waals surface area contributed by atoms with Gasteiger partial charge in [0, 0.05) is 53.8 Å². The van der Waals surface area contributed by atoms with Crippen LogP contribution in [-0.4, -0.2) is 61.7 Å². The van der Waals surface area contributed by atoms with E-state index in [9.17, 15) is 5.11 Å². The van der Waals surface area contributed by atoms with Crippen molar-refractivity contribution < 1.29 is 5.11 Å². The fourth-order valence-electron chi connectivity index (χ4n) is 6.69. The maximum atomic E-state index is 11.1. The molecule has 0 radical (unpaired) electrons. The molecule has 2 saturated heterocycles. The van der Waals surface area contributed by atoms with E-state index in [1.54, 1.807) is 0 Å². The normalized spacial score (nSPS) is 24.8. The number of benzene rings is 1. The molecule has 4 aromatic rings. The van der Waals surface area contributed by atoms with Crippen molar-refractivity contribution in [2.24, 2.45) is 0 Å². The number of nitrogens with one attached hydrogen (secondary N) is 1. The number of aliphatic hydroxyl groups is 1. The monoisotopic (exact) mass is 509 g/mol. The molecule has 2 unspecified atom stereocenters. The van der Waals surface area contributed by atoms with Crippen molar-refractivity contribution in [1.29, 1.82) is 0 Å². The number of hydrogen-bond donors (Lipinski definition) is 2. The fourth-order valence-corrected chi connectivity index (χ4v) is 6.69. The second kappa shape index (κ2) is 8.78. The Labute approximate surface area is 223 Å². The Hall–Kier alpha value is -3.49. The molecule has 2 aliphatic heterocycles. The third-order valence-electron chi connectivity index (χ3n) is 9.09. The highest BCUT2D eigenvalue weighted by Crippen LogP contribution is 2.39. The zero-order valence-electron chi connectivity index (χ0n) is 22.4. The quantitative estimate of drug-likeness (QED) is 0.404. The highest BCUT2D eigenvalue weighted by Gasteiger charge is 2.38. The number of fused-ring (bicyclic) bond motifs is 4. The predicted octanol–water partition coefficient (Wildman–Crippen LogP) is 4.69. The Kier molecular flexibility index (Phi) is 5.46. The third kappa shape index (κ3) is 3.77. The Balaban J connectivity index is 1.16. The molecule has 2 bridgehead atoms. The molecule has 1 aromatic carbocycles. The van der Waals surface area contributed by atoms with Crippen LogP contribution in [0.5, 0.6) is 0 Å². The van der Waals surface area contributed by atoms with Crippen molar-refractivity contribution in [2.45, 2.75) is 63.6 Å². The molecule has 3 aromatic heterocycles. The van der Waals surface area contributed by atoms with Gasteiger partial charge in [-0.15, -0.1) is 0 Å². The number of rotatable bonds is 5. The third-order valence-corrected chi connectivity index (χ3v) is 9.09. The van der Waals surface area contributed by atoms with Crippen LogP contribution in [0, 0.1) is 6.92 Å². The average Bonchev–Trinajstić information content (AvgIpc) is 3.49. The SMILES string of the molecule is CC[C@@]1(O)CCc2ccc(-n3c(C)cc4cnc(Nc5ccc(N6CC7CCC(C6)N7C)cc5)nc43)nc21. The van der Waals surface area contributed by atoms with Crippen molar-refractivity contribution in [3.8, 4) is 5.82 Å². The first-order valence-corrected chi connectivity index (χ1v) is 13.8. The molecule has 5 heterocycles. The van der Waals surface area contributed by atoms with Crippen LogP contribution in [0.1, 0.15) is 49.6 Å². The van der Waals surface area contributed by atoms with Gasteiger partial charge in [-0.2, -0.15) is 4.98 Å². The minimum atomic E-state index is -0.847. The van der Waals surface area contributed by atoms with Crippen LogP contribution in [-0.2, 0) is 12.0 Å². The van der Waals surface area contributed by atoms with Crippen LogP contribution in [0.3, 0.4) is 0 Å².